The zero-order chi connectivity index (χ0) is 13.9. The van der Waals surface area contributed by atoms with Crippen LogP contribution in [0.25, 0.3) is 0 Å². The lowest BCUT2D eigenvalue weighted by atomic mass is 9.98. The summed E-state index contributed by atoms with van der Waals surface area (Å²) in [6.45, 7) is 5.75. The minimum atomic E-state index is -0.495. The molecule has 0 bridgehead atoms. The lowest BCUT2D eigenvalue weighted by Gasteiger charge is -2.09. The van der Waals surface area contributed by atoms with Gasteiger partial charge in [-0.3, -0.25) is 0 Å². The second-order valence-electron chi connectivity index (χ2n) is 3.95. The van der Waals surface area contributed by atoms with Gasteiger partial charge in [-0.2, -0.15) is 0 Å². The summed E-state index contributed by atoms with van der Waals surface area (Å²) in [6, 6.07) is 0. The number of carbonyl (C=O) groups excluding carboxylic acids is 2. The highest BCUT2D eigenvalue weighted by Gasteiger charge is 2.28. The van der Waals surface area contributed by atoms with Crippen LogP contribution >= 0.6 is 11.3 Å². The van der Waals surface area contributed by atoms with Crippen molar-refractivity contribution >= 4 is 28.3 Å². The molecule has 1 rings (SSSR count). The van der Waals surface area contributed by atoms with E-state index >= 15 is 0 Å². The van der Waals surface area contributed by atoms with Crippen molar-refractivity contribution in [3.63, 3.8) is 0 Å². The third-order valence-electron chi connectivity index (χ3n) is 2.40. The van der Waals surface area contributed by atoms with E-state index < -0.39 is 11.9 Å². The van der Waals surface area contributed by atoms with Gasteiger partial charge in [0.1, 0.15) is 9.88 Å². The number of ether oxygens (including phenoxy) is 2. The summed E-state index contributed by atoms with van der Waals surface area (Å²) in [4.78, 5) is 23.9. The van der Waals surface area contributed by atoms with Crippen molar-refractivity contribution in [2.75, 3.05) is 19.5 Å². The van der Waals surface area contributed by atoms with Gasteiger partial charge in [0.25, 0.3) is 0 Å². The van der Waals surface area contributed by atoms with Crippen molar-refractivity contribution in [1.29, 1.82) is 0 Å². The number of rotatable bonds is 4. The first-order valence-corrected chi connectivity index (χ1v) is 6.43. The van der Waals surface area contributed by atoms with Crippen molar-refractivity contribution in [2.24, 2.45) is 0 Å². The molecular weight excluding hydrogens is 254 g/mol. The highest BCUT2D eigenvalue weighted by molar-refractivity contribution is 7.18. The van der Waals surface area contributed by atoms with E-state index in [0.717, 1.165) is 11.3 Å². The SMILES string of the molecule is CCOC(=O)c1c(N)sc(C(=O)OC)c1C(C)C. The first-order chi connectivity index (χ1) is 8.43. The fourth-order valence-corrected chi connectivity index (χ4v) is 2.80. The van der Waals surface area contributed by atoms with Gasteiger partial charge in [0.05, 0.1) is 19.3 Å². The van der Waals surface area contributed by atoms with Gasteiger partial charge in [0.2, 0.25) is 0 Å². The Morgan fingerprint density at radius 2 is 1.94 bits per heavy atom. The van der Waals surface area contributed by atoms with Gasteiger partial charge in [0.15, 0.2) is 0 Å². The Morgan fingerprint density at radius 3 is 2.39 bits per heavy atom. The van der Waals surface area contributed by atoms with Crippen molar-refractivity contribution in [3.8, 4) is 0 Å². The standard InChI is InChI=1S/C12H17NO4S/c1-5-17-11(14)8-7(6(2)3)9(12(15)16-4)18-10(8)13/h6H,5,13H2,1-4H3. The topological polar surface area (TPSA) is 78.6 Å². The molecule has 6 heteroatoms. The van der Waals surface area contributed by atoms with Crippen LogP contribution in [0.3, 0.4) is 0 Å². The van der Waals surface area contributed by atoms with Gasteiger partial charge in [-0.1, -0.05) is 13.8 Å². The predicted octanol–water partition coefficient (Wildman–Crippen LogP) is 2.42. The summed E-state index contributed by atoms with van der Waals surface area (Å²) < 4.78 is 9.66. The van der Waals surface area contributed by atoms with Gasteiger partial charge >= 0.3 is 11.9 Å². The van der Waals surface area contributed by atoms with E-state index in [9.17, 15) is 9.59 Å². The fourth-order valence-electron chi connectivity index (χ4n) is 1.67. The lowest BCUT2D eigenvalue weighted by molar-refractivity contribution is 0.0526. The van der Waals surface area contributed by atoms with Crippen LogP contribution in [-0.4, -0.2) is 25.7 Å². The van der Waals surface area contributed by atoms with Crippen LogP contribution < -0.4 is 5.73 Å². The Hall–Kier alpha value is -1.56. The van der Waals surface area contributed by atoms with Crippen LogP contribution in [0.1, 0.15) is 52.3 Å². The molecule has 0 atom stereocenters. The molecule has 0 spiro atoms. The van der Waals surface area contributed by atoms with Crippen LogP contribution in [0.15, 0.2) is 0 Å². The molecule has 1 heterocycles. The van der Waals surface area contributed by atoms with E-state index in [2.05, 4.69) is 0 Å². The van der Waals surface area contributed by atoms with E-state index in [4.69, 9.17) is 15.2 Å². The second-order valence-corrected chi connectivity index (χ2v) is 5.00. The molecule has 1 aromatic heterocycles. The van der Waals surface area contributed by atoms with Gasteiger partial charge < -0.3 is 15.2 Å². The summed E-state index contributed by atoms with van der Waals surface area (Å²) >= 11 is 1.06. The smallest absolute Gasteiger partial charge is 0.348 e. The zero-order valence-electron chi connectivity index (χ0n) is 10.9. The van der Waals surface area contributed by atoms with Gasteiger partial charge in [-0.25, -0.2) is 9.59 Å². The van der Waals surface area contributed by atoms with Gasteiger partial charge in [-0.15, -0.1) is 11.3 Å². The van der Waals surface area contributed by atoms with Crippen LogP contribution in [0, 0.1) is 0 Å². The van der Waals surface area contributed by atoms with Crippen molar-refractivity contribution in [1.82, 2.24) is 0 Å². The number of methoxy groups -OCH3 is 1. The van der Waals surface area contributed by atoms with Gasteiger partial charge in [-0.05, 0) is 18.4 Å². The summed E-state index contributed by atoms with van der Waals surface area (Å²) in [5, 5.41) is 0.289. The van der Waals surface area contributed by atoms with Crippen LogP contribution in [0.5, 0.6) is 0 Å². The maximum Gasteiger partial charge on any atom is 0.348 e. The van der Waals surface area contributed by atoms with E-state index in [1.165, 1.54) is 7.11 Å². The Kier molecular flexibility index (Phi) is 4.72. The predicted molar refractivity (Wildman–Crippen MR) is 70.1 cm³/mol. The van der Waals surface area contributed by atoms with Crippen molar-refractivity contribution in [3.05, 3.63) is 16.0 Å². The molecule has 18 heavy (non-hydrogen) atoms. The third-order valence-corrected chi connectivity index (χ3v) is 3.41. The monoisotopic (exact) mass is 271 g/mol. The average Bonchev–Trinajstić information content (AvgIpc) is 2.66. The number of nitrogen functional groups attached to an aromatic ring is 1. The summed E-state index contributed by atoms with van der Waals surface area (Å²) in [5.74, 6) is -0.997. The average molecular weight is 271 g/mol. The number of hydrogen-bond acceptors (Lipinski definition) is 6. The number of carbonyl (C=O) groups is 2. The molecule has 0 saturated carbocycles. The molecule has 0 aliphatic carbocycles. The Balaban J connectivity index is 3.37. The van der Waals surface area contributed by atoms with Crippen molar-refractivity contribution < 1.29 is 19.1 Å². The van der Waals surface area contributed by atoms with Crippen LogP contribution in [0.2, 0.25) is 0 Å². The molecule has 1 aromatic rings. The molecule has 0 unspecified atom stereocenters. The normalized spacial score (nSPS) is 10.5. The first kappa shape index (κ1) is 14.5. The van der Waals surface area contributed by atoms with Crippen LogP contribution in [0.4, 0.5) is 5.00 Å². The van der Waals surface area contributed by atoms with E-state index in [0.29, 0.717) is 10.4 Å². The maximum absolute atomic E-state index is 11.9. The molecule has 5 nitrogen and oxygen atoms in total. The van der Waals surface area contributed by atoms with Gasteiger partial charge in [0, 0.05) is 0 Å². The highest BCUT2D eigenvalue weighted by Crippen LogP contribution is 2.36. The second kappa shape index (κ2) is 5.86. The van der Waals surface area contributed by atoms with E-state index in [1.54, 1.807) is 6.92 Å². The largest absolute Gasteiger partial charge is 0.465 e. The molecule has 0 aliphatic rings. The Morgan fingerprint density at radius 1 is 1.33 bits per heavy atom. The first-order valence-electron chi connectivity index (χ1n) is 5.61. The van der Waals surface area contributed by atoms with Crippen LogP contribution in [-0.2, 0) is 9.47 Å². The quantitative estimate of drug-likeness (QED) is 0.851. The van der Waals surface area contributed by atoms with E-state index in [-0.39, 0.29) is 23.1 Å². The van der Waals surface area contributed by atoms with Crippen molar-refractivity contribution in [2.45, 2.75) is 26.7 Å². The molecule has 0 aliphatic heterocycles. The summed E-state index contributed by atoms with van der Waals surface area (Å²) in [6.07, 6.45) is 0. The number of nitrogens with two attached hydrogens (primary N) is 1. The zero-order valence-corrected chi connectivity index (χ0v) is 11.7. The lowest BCUT2D eigenvalue weighted by Crippen LogP contribution is -2.11. The number of anilines is 1. The highest BCUT2D eigenvalue weighted by atomic mass is 32.1. The maximum atomic E-state index is 11.9. The Labute approximate surface area is 110 Å². The minimum absolute atomic E-state index is 0.0212. The summed E-state index contributed by atoms with van der Waals surface area (Å²) in [5.41, 5.74) is 6.70. The summed E-state index contributed by atoms with van der Waals surface area (Å²) in [7, 11) is 1.30. The molecular formula is C12H17NO4S. The molecule has 0 saturated heterocycles. The molecule has 0 fully saturated rings. The molecule has 2 N–H and O–H groups in total. The number of hydrogen-bond donors (Lipinski definition) is 1. The fraction of sp³-hybridized carbons (Fsp3) is 0.500. The molecule has 100 valence electrons. The van der Waals surface area contributed by atoms with E-state index in [1.807, 2.05) is 13.8 Å². The molecule has 0 radical (unpaired) electrons. The number of thiophene rings is 1. The third kappa shape index (κ3) is 2.64. The molecule has 0 aromatic carbocycles. The molecule has 0 amide bonds. The Bertz CT molecular complexity index is 465. The minimum Gasteiger partial charge on any atom is -0.465 e. The number of esters is 2.